The van der Waals surface area contributed by atoms with E-state index < -0.39 is 22.3 Å². The average Bonchev–Trinajstić information content (AvgIpc) is 2.56. The second-order valence-corrected chi connectivity index (χ2v) is 5.95. The Morgan fingerprint density at radius 1 is 1.31 bits per heavy atom. The van der Waals surface area contributed by atoms with Gasteiger partial charge < -0.3 is 20.7 Å². The van der Waals surface area contributed by atoms with E-state index in [1.807, 2.05) is 0 Å². The molecule has 9 heteroatoms. The average molecular weight is 377 g/mol. The quantitative estimate of drug-likeness (QED) is 0.469. The second-order valence-electron chi connectivity index (χ2n) is 5.51. The standard InChI is InChI=1S/C17H12ClFN3O4/c1-8(23)14-16(24)12-6-9(18)7-13(22(25)26)15(12)21-17(14)20-11-4-2-10(19)3-5-11/h2-7,25H,1H3,(H2,20,21,24)/q-1. The molecule has 0 radical (unpaired) electrons. The third kappa shape index (κ3) is 3.25. The minimum Gasteiger partial charge on any atom is -0.733 e. The van der Waals surface area contributed by atoms with Crippen LogP contribution in [0.3, 0.4) is 0 Å². The van der Waals surface area contributed by atoms with E-state index in [0.29, 0.717) is 5.69 Å². The molecule has 0 bridgehead atoms. The molecule has 0 unspecified atom stereocenters. The Kier molecular flexibility index (Phi) is 4.64. The summed E-state index contributed by atoms with van der Waals surface area (Å²) < 4.78 is 13.1. The van der Waals surface area contributed by atoms with Crippen molar-refractivity contribution in [3.8, 4) is 0 Å². The van der Waals surface area contributed by atoms with Gasteiger partial charge in [0.2, 0.25) is 5.43 Å². The summed E-state index contributed by atoms with van der Waals surface area (Å²) in [7, 11) is 0. The van der Waals surface area contributed by atoms with Crippen molar-refractivity contribution in [3.05, 3.63) is 68.2 Å². The maximum Gasteiger partial charge on any atom is 0.202 e. The number of nitrogens with one attached hydrogen (secondary N) is 2. The van der Waals surface area contributed by atoms with E-state index in [9.17, 15) is 24.4 Å². The van der Waals surface area contributed by atoms with Crippen LogP contribution in [0.2, 0.25) is 5.02 Å². The zero-order valence-corrected chi connectivity index (χ0v) is 14.1. The molecule has 0 spiro atoms. The van der Waals surface area contributed by atoms with Gasteiger partial charge in [-0.25, -0.2) is 4.39 Å². The summed E-state index contributed by atoms with van der Waals surface area (Å²) >= 11 is 5.89. The van der Waals surface area contributed by atoms with Crippen LogP contribution >= 0.6 is 11.6 Å². The topological polar surface area (TPSA) is 108 Å². The fraction of sp³-hybridized carbons (Fsp3) is 0.0588. The molecular weight excluding hydrogens is 365 g/mol. The highest BCUT2D eigenvalue weighted by molar-refractivity contribution is 6.32. The number of carbonyl (C=O) groups excluding carboxylic acids is 1. The molecular formula is C17H12ClFN3O4-. The molecule has 1 heterocycles. The molecule has 0 saturated carbocycles. The number of fused-ring (bicyclic) bond motifs is 1. The monoisotopic (exact) mass is 376 g/mol. The number of H-pyrrole nitrogens is 1. The highest BCUT2D eigenvalue weighted by atomic mass is 35.5. The van der Waals surface area contributed by atoms with E-state index in [0.717, 1.165) is 0 Å². The van der Waals surface area contributed by atoms with Crippen molar-refractivity contribution in [3.63, 3.8) is 0 Å². The van der Waals surface area contributed by atoms with Crippen LogP contribution < -0.4 is 16.0 Å². The van der Waals surface area contributed by atoms with Gasteiger partial charge in [0.25, 0.3) is 0 Å². The smallest absolute Gasteiger partial charge is 0.202 e. The fourth-order valence-corrected chi connectivity index (χ4v) is 2.81. The van der Waals surface area contributed by atoms with Crippen LogP contribution in [-0.4, -0.2) is 16.0 Å². The molecule has 0 aliphatic rings. The first-order valence-corrected chi connectivity index (χ1v) is 7.75. The van der Waals surface area contributed by atoms with E-state index in [-0.39, 0.29) is 33.0 Å². The number of ketones is 1. The number of carbonyl (C=O) groups is 1. The molecule has 0 atom stereocenters. The molecule has 0 amide bonds. The molecule has 3 rings (SSSR count). The number of anilines is 3. The predicted molar refractivity (Wildman–Crippen MR) is 96.9 cm³/mol. The number of aromatic nitrogens is 1. The molecule has 2 aromatic carbocycles. The molecule has 3 aromatic rings. The normalized spacial score (nSPS) is 10.8. The Hall–Kier alpha value is -2.94. The first-order valence-electron chi connectivity index (χ1n) is 7.37. The minimum absolute atomic E-state index is 0.00651. The van der Waals surface area contributed by atoms with Gasteiger partial charge in [0.15, 0.2) is 5.78 Å². The Morgan fingerprint density at radius 3 is 2.54 bits per heavy atom. The van der Waals surface area contributed by atoms with Crippen LogP contribution in [0.1, 0.15) is 17.3 Å². The lowest BCUT2D eigenvalue weighted by molar-refractivity contribution is 0.101. The zero-order chi connectivity index (χ0) is 19.0. The molecule has 0 saturated heterocycles. The van der Waals surface area contributed by atoms with Gasteiger partial charge in [-0.05, 0) is 43.3 Å². The minimum atomic E-state index is -0.665. The number of halogens is 2. The van der Waals surface area contributed by atoms with Crippen LogP contribution in [0, 0.1) is 11.0 Å². The van der Waals surface area contributed by atoms with Crippen molar-refractivity contribution in [1.82, 2.24) is 4.98 Å². The molecule has 0 aliphatic carbocycles. The first-order chi connectivity index (χ1) is 12.3. The largest absolute Gasteiger partial charge is 0.733 e. The molecule has 7 nitrogen and oxygen atoms in total. The van der Waals surface area contributed by atoms with Crippen molar-refractivity contribution in [2.45, 2.75) is 6.92 Å². The number of pyridine rings is 1. The number of nitrogens with zero attached hydrogens (tertiary/aromatic N) is 1. The maximum atomic E-state index is 13.1. The summed E-state index contributed by atoms with van der Waals surface area (Å²) in [6.45, 7) is 1.21. The lowest BCUT2D eigenvalue weighted by atomic mass is 10.1. The highest BCUT2D eigenvalue weighted by Crippen LogP contribution is 2.30. The number of hydrogen-bond acceptors (Lipinski definition) is 6. The van der Waals surface area contributed by atoms with Crippen LogP contribution in [0.4, 0.5) is 21.6 Å². The van der Waals surface area contributed by atoms with Gasteiger partial charge in [-0.1, -0.05) is 11.6 Å². The zero-order valence-electron chi connectivity index (χ0n) is 13.3. The third-order valence-corrected chi connectivity index (χ3v) is 3.94. The van der Waals surface area contributed by atoms with E-state index in [2.05, 4.69) is 10.3 Å². The van der Waals surface area contributed by atoms with Crippen LogP contribution in [0.5, 0.6) is 0 Å². The second kappa shape index (κ2) is 6.75. The van der Waals surface area contributed by atoms with Gasteiger partial charge in [-0.2, -0.15) is 0 Å². The summed E-state index contributed by atoms with van der Waals surface area (Å²) in [4.78, 5) is 27.5. The fourth-order valence-electron chi connectivity index (χ4n) is 2.60. The Morgan fingerprint density at radius 2 is 1.96 bits per heavy atom. The molecule has 1 aromatic heterocycles. The number of hydrogen-bond donors (Lipinski definition) is 3. The molecule has 3 N–H and O–H groups in total. The van der Waals surface area contributed by atoms with Gasteiger partial charge in [-0.15, -0.1) is 0 Å². The van der Waals surface area contributed by atoms with Crippen molar-refractivity contribution >= 4 is 45.5 Å². The third-order valence-electron chi connectivity index (χ3n) is 3.73. The van der Waals surface area contributed by atoms with Crippen LogP contribution in [0.25, 0.3) is 10.9 Å². The molecule has 26 heavy (non-hydrogen) atoms. The number of aromatic amines is 1. The van der Waals surface area contributed by atoms with E-state index in [1.54, 1.807) is 0 Å². The van der Waals surface area contributed by atoms with Gasteiger partial charge >= 0.3 is 0 Å². The van der Waals surface area contributed by atoms with Crippen LogP contribution in [-0.2, 0) is 0 Å². The van der Waals surface area contributed by atoms with Crippen LogP contribution in [0.15, 0.2) is 41.2 Å². The predicted octanol–water partition coefficient (Wildman–Crippen LogP) is 3.96. The van der Waals surface area contributed by atoms with E-state index >= 15 is 0 Å². The van der Waals surface area contributed by atoms with Crippen molar-refractivity contribution in [1.29, 1.82) is 0 Å². The van der Waals surface area contributed by atoms with Gasteiger partial charge in [-0.3, -0.25) is 14.8 Å². The highest BCUT2D eigenvalue weighted by Gasteiger charge is 2.19. The lowest BCUT2D eigenvalue weighted by Crippen LogP contribution is -2.19. The summed E-state index contributed by atoms with van der Waals surface area (Å²) in [5, 5.41) is 23.1. The van der Waals surface area contributed by atoms with Gasteiger partial charge in [0.05, 0.1) is 16.6 Å². The summed E-state index contributed by atoms with van der Waals surface area (Å²) in [6.07, 6.45) is 0. The summed E-state index contributed by atoms with van der Waals surface area (Å²) in [5.41, 5.74) is -0.748. The maximum absolute atomic E-state index is 13.1. The van der Waals surface area contributed by atoms with Crippen molar-refractivity contribution in [2.75, 3.05) is 10.5 Å². The van der Waals surface area contributed by atoms with E-state index in [4.69, 9.17) is 11.6 Å². The SMILES string of the molecule is CC(=O)c1c(Nc2ccc(F)cc2)[nH]c2c(N([O-])O)cc(Cl)cc2c1=O. The van der Waals surface area contributed by atoms with Crippen molar-refractivity contribution in [2.24, 2.45) is 0 Å². The summed E-state index contributed by atoms with van der Waals surface area (Å²) in [5.74, 6) is -0.970. The molecule has 134 valence electrons. The molecule has 0 fully saturated rings. The molecule has 0 aliphatic heterocycles. The number of benzene rings is 2. The Balaban J connectivity index is 2.30. The number of Topliss-reactive ketones (excluding diaryl/α,β-unsaturated/α-hetero) is 1. The van der Waals surface area contributed by atoms with Gasteiger partial charge in [0, 0.05) is 10.7 Å². The van der Waals surface area contributed by atoms with E-state index in [1.165, 1.54) is 43.3 Å². The van der Waals surface area contributed by atoms with Gasteiger partial charge in [0.1, 0.15) is 17.2 Å². The lowest BCUT2D eigenvalue weighted by Gasteiger charge is -2.24. The van der Waals surface area contributed by atoms with Crippen molar-refractivity contribution < 1.29 is 14.4 Å². The first kappa shape index (κ1) is 17.9. The number of rotatable bonds is 4. The Labute approximate surface area is 151 Å². The Bertz CT molecular complexity index is 1060. The summed E-state index contributed by atoms with van der Waals surface area (Å²) in [6, 6.07) is 7.69.